The lowest BCUT2D eigenvalue weighted by Crippen LogP contribution is -2.45. The zero-order valence-corrected chi connectivity index (χ0v) is 12.2. The van der Waals surface area contributed by atoms with Gasteiger partial charge in [0.25, 0.3) is 5.91 Å². The monoisotopic (exact) mass is 290 g/mol. The minimum Gasteiger partial charge on any atom is -0.378 e. The van der Waals surface area contributed by atoms with E-state index in [4.69, 9.17) is 4.74 Å². The Bertz CT molecular complexity index is 494. The summed E-state index contributed by atoms with van der Waals surface area (Å²) in [6.45, 7) is 4.56. The average Bonchev–Trinajstić information content (AvgIpc) is 2.88. The van der Waals surface area contributed by atoms with Crippen molar-refractivity contribution >= 4 is 5.91 Å². The molecule has 3 rings (SSSR count). The largest absolute Gasteiger partial charge is 0.378 e. The third kappa shape index (κ3) is 3.26. The second-order valence-corrected chi connectivity index (χ2v) is 6.01. The fraction of sp³-hybridized carbons (Fsp3) is 0.562. The van der Waals surface area contributed by atoms with Crippen molar-refractivity contribution in [1.82, 2.24) is 10.2 Å². The summed E-state index contributed by atoms with van der Waals surface area (Å²) in [5.74, 6) is -0.319. The maximum Gasteiger partial charge on any atom is 0.253 e. The second kappa shape index (κ2) is 6.13. The van der Waals surface area contributed by atoms with Crippen molar-refractivity contribution in [3.63, 3.8) is 0 Å². The van der Waals surface area contributed by atoms with Gasteiger partial charge >= 0.3 is 0 Å². The topological polar surface area (TPSA) is 61.8 Å². The first-order chi connectivity index (χ1) is 10.1. The van der Waals surface area contributed by atoms with Crippen LogP contribution in [0.25, 0.3) is 0 Å². The molecule has 2 N–H and O–H groups in total. The lowest BCUT2D eigenvalue weighted by Gasteiger charge is -2.33. The molecule has 2 heterocycles. The number of amides is 1. The summed E-state index contributed by atoms with van der Waals surface area (Å²) < 4.78 is 5.66. The van der Waals surface area contributed by atoms with Gasteiger partial charge in [0.15, 0.2) is 6.10 Å². The van der Waals surface area contributed by atoms with E-state index in [9.17, 15) is 9.90 Å². The van der Waals surface area contributed by atoms with Gasteiger partial charge in [-0.1, -0.05) is 30.3 Å². The Hall–Kier alpha value is -1.43. The van der Waals surface area contributed by atoms with Crippen molar-refractivity contribution in [2.24, 2.45) is 0 Å². The molecule has 0 spiro atoms. The van der Waals surface area contributed by atoms with E-state index in [0.717, 1.165) is 26.1 Å². The average molecular weight is 290 g/mol. The highest BCUT2D eigenvalue weighted by molar-refractivity contribution is 5.82. The first-order valence-electron chi connectivity index (χ1n) is 7.52. The molecule has 1 amide bonds. The first-order valence-corrected chi connectivity index (χ1v) is 7.52. The van der Waals surface area contributed by atoms with Gasteiger partial charge in [0.1, 0.15) is 0 Å². The number of hydrogen-bond acceptors (Lipinski definition) is 4. The maximum absolute atomic E-state index is 12.2. The van der Waals surface area contributed by atoms with Crippen molar-refractivity contribution < 1.29 is 14.6 Å². The quantitative estimate of drug-likeness (QED) is 0.860. The third-order valence-corrected chi connectivity index (χ3v) is 4.30. The fourth-order valence-electron chi connectivity index (χ4n) is 3.21. The summed E-state index contributed by atoms with van der Waals surface area (Å²) in [6, 6.07) is 9.51. The molecule has 21 heavy (non-hydrogen) atoms. The zero-order chi connectivity index (χ0) is 14.8. The minimum absolute atomic E-state index is 0.0924. The number of aliphatic hydroxyl groups is 1. The van der Waals surface area contributed by atoms with Crippen LogP contribution in [0.3, 0.4) is 0 Å². The van der Waals surface area contributed by atoms with E-state index in [1.807, 2.05) is 18.2 Å². The van der Waals surface area contributed by atoms with Gasteiger partial charge < -0.3 is 15.2 Å². The fourth-order valence-corrected chi connectivity index (χ4v) is 3.21. The van der Waals surface area contributed by atoms with Crippen LogP contribution < -0.4 is 5.32 Å². The Morgan fingerprint density at radius 1 is 1.38 bits per heavy atom. The number of hydrogen-bond donors (Lipinski definition) is 2. The first kappa shape index (κ1) is 14.5. The Labute approximate surface area is 124 Å². The van der Waals surface area contributed by atoms with Gasteiger partial charge in [-0.15, -0.1) is 0 Å². The molecule has 5 heteroatoms. The molecule has 2 aliphatic heterocycles. The second-order valence-electron chi connectivity index (χ2n) is 6.01. The molecule has 2 aliphatic rings. The van der Waals surface area contributed by atoms with Crippen LogP contribution in [0, 0.1) is 0 Å². The predicted molar refractivity (Wildman–Crippen MR) is 78.7 cm³/mol. The number of aliphatic hydroxyl groups excluding tert-OH is 1. The molecule has 2 fully saturated rings. The molecule has 0 saturated carbocycles. The van der Waals surface area contributed by atoms with Crippen LogP contribution in [0.4, 0.5) is 0 Å². The van der Waals surface area contributed by atoms with E-state index in [2.05, 4.69) is 17.1 Å². The molecule has 0 aromatic heterocycles. The van der Waals surface area contributed by atoms with Crippen molar-refractivity contribution in [2.45, 2.75) is 37.6 Å². The number of nitrogens with zero attached hydrogens (tertiary/aromatic N) is 1. The molecule has 5 nitrogen and oxygen atoms in total. The number of morpholine rings is 1. The van der Waals surface area contributed by atoms with E-state index >= 15 is 0 Å². The summed E-state index contributed by atoms with van der Waals surface area (Å²) in [4.78, 5) is 14.5. The molecular weight excluding hydrogens is 268 g/mol. The Kier molecular flexibility index (Phi) is 4.24. The molecule has 0 aliphatic carbocycles. The van der Waals surface area contributed by atoms with E-state index in [-0.39, 0.29) is 18.1 Å². The molecule has 1 aromatic carbocycles. The Morgan fingerprint density at radius 3 is 2.90 bits per heavy atom. The van der Waals surface area contributed by atoms with Gasteiger partial charge in [0.2, 0.25) is 0 Å². The van der Waals surface area contributed by atoms with Crippen LogP contribution in [-0.2, 0) is 9.53 Å². The number of benzene rings is 1. The van der Waals surface area contributed by atoms with Crippen LogP contribution >= 0.6 is 0 Å². The van der Waals surface area contributed by atoms with Crippen LogP contribution in [-0.4, -0.2) is 53.8 Å². The maximum atomic E-state index is 12.2. The molecule has 4 atom stereocenters. The molecule has 114 valence electrons. The van der Waals surface area contributed by atoms with Crippen LogP contribution in [0.15, 0.2) is 30.3 Å². The number of carbonyl (C=O) groups excluding carboxylic acids is 1. The van der Waals surface area contributed by atoms with E-state index in [0.29, 0.717) is 11.6 Å². The van der Waals surface area contributed by atoms with Gasteiger partial charge in [-0.05, 0) is 18.9 Å². The summed E-state index contributed by atoms with van der Waals surface area (Å²) in [5.41, 5.74) is 0.627. The predicted octanol–water partition coefficient (Wildman–Crippen LogP) is 0.698. The summed E-state index contributed by atoms with van der Waals surface area (Å²) in [7, 11) is 0. The van der Waals surface area contributed by atoms with Crippen LogP contribution in [0.5, 0.6) is 0 Å². The lowest BCUT2D eigenvalue weighted by molar-refractivity contribution is -0.130. The highest BCUT2D eigenvalue weighted by Crippen LogP contribution is 2.23. The van der Waals surface area contributed by atoms with Crippen molar-refractivity contribution in [3.8, 4) is 0 Å². The Morgan fingerprint density at radius 2 is 2.14 bits per heavy atom. The molecule has 2 saturated heterocycles. The van der Waals surface area contributed by atoms with Gasteiger partial charge in [0, 0.05) is 25.2 Å². The summed E-state index contributed by atoms with van der Waals surface area (Å²) >= 11 is 0. The molecule has 0 unspecified atom stereocenters. The van der Waals surface area contributed by atoms with Crippen molar-refractivity contribution in [2.75, 3.05) is 19.7 Å². The van der Waals surface area contributed by atoms with Crippen LogP contribution in [0.1, 0.15) is 25.0 Å². The standard InChI is InChI=1S/C16H22N2O3/c1-11-8-18-9-13(7-14(18)10-21-11)17-16(20)15(19)12-5-3-2-4-6-12/h2-6,11,13-15,19H,7-10H2,1H3,(H,17,20)/t11-,13-,14+,15-/m1/s1. The lowest BCUT2D eigenvalue weighted by atomic mass is 10.1. The Balaban J connectivity index is 1.56. The highest BCUT2D eigenvalue weighted by atomic mass is 16.5. The van der Waals surface area contributed by atoms with Crippen molar-refractivity contribution in [3.05, 3.63) is 35.9 Å². The van der Waals surface area contributed by atoms with E-state index in [1.54, 1.807) is 12.1 Å². The van der Waals surface area contributed by atoms with Crippen LogP contribution in [0.2, 0.25) is 0 Å². The van der Waals surface area contributed by atoms with E-state index < -0.39 is 6.10 Å². The van der Waals surface area contributed by atoms with Gasteiger partial charge in [-0.3, -0.25) is 9.69 Å². The van der Waals surface area contributed by atoms with E-state index in [1.165, 1.54) is 0 Å². The van der Waals surface area contributed by atoms with Gasteiger partial charge in [-0.25, -0.2) is 0 Å². The third-order valence-electron chi connectivity index (χ3n) is 4.30. The number of ether oxygens (including phenoxy) is 1. The summed E-state index contributed by atoms with van der Waals surface area (Å²) in [6.07, 6.45) is 0.0459. The molecule has 0 radical (unpaired) electrons. The molecular formula is C16H22N2O3. The SMILES string of the molecule is C[C@@H]1CN2C[C@H](NC(=O)[C@H](O)c3ccccc3)C[C@H]2CO1. The zero-order valence-electron chi connectivity index (χ0n) is 12.2. The molecule has 0 bridgehead atoms. The van der Waals surface area contributed by atoms with Gasteiger partial charge in [0.05, 0.1) is 12.7 Å². The number of fused-ring (bicyclic) bond motifs is 1. The number of nitrogens with one attached hydrogen (secondary N) is 1. The van der Waals surface area contributed by atoms with Crippen molar-refractivity contribution in [1.29, 1.82) is 0 Å². The number of rotatable bonds is 3. The summed E-state index contributed by atoms with van der Waals surface area (Å²) in [5, 5.41) is 13.1. The minimum atomic E-state index is -1.10. The highest BCUT2D eigenvalue weighted by Gasteiger charge is 2.37. The molecule has 1 aromatic rings. The normalized spacial score (nSPS) is 30.7. The number of carbonyl (C=O) groups is 1. The van der Waals surface area contributed by atoms with Gasteiger partial charge in [-0.2, -0.15) is 0 Å². The smallest absolute Gasteiger partial charge is 0.253 e.